The van der Waals surface area contributed by atoms with Gasteiger partial charge in [-0.1, -0.05) is 0 Å². The molecule has 1 aliphatic rings. The zero-order valence-electron chi connectivity index (χ0n) is 10.3. The standard InChI is InChI=1S/C12H21N3O/c1-12(2,3)13-6-10-7-14-15-11(10)9-4-5-16-8-9/h7,9,13H,4-6,8H2,1-3H3,(H,14,15). The van der Waals surface area contributed by atoms with E-state index in [0.29, 0.717) is 5.92 Å². The van der Waals surface area contributed by atoms with E-state index in [1.807, 2.05) is 6.20 Å². The van der Waals surface area contributed by atoms with Crippen LogP contribution in [0.1, 0.15) is 44.4 Å². The van der Waals surface area contributed by atoms with Gasteiger partial charge in [-0.2, -0.15) is 5.10 Å². The Bertz CT molecular complexity index is 334. The van der Waals surface area contributed by atoms with Crippen LogP contribution in [0.15, 0.2) is 6.20 Å². The van der Waals surface area contributed by atoms with Crippen molar-refractivity contribution < 1.29 is 4.74 Å². The Balaban J connectivity index is 2.01. The molecule has 0 aromatic carbocycles. The van der Waals surface area contributed by atoms with Crippen LogP contribution in [0.3, 0.4) is 0 Å². The van der Waals surface area contributed by atoms with E-state index in [-0.39, 0.29) is 5.54 Å². The number of nitrogens with zero attached hydrogens (tertiary/aromatic N) is 1. The summed E-state index contributed by atoms with van der Waals surface area (Å²) in [5.41, 5.74) is 2.65. The Labute approximate surface area is 96.8 Å². The van der Waals surface area contributed by atoms with E-state index in [4.69, 9.17) is 4.74 Å². The van der Waals surface area contributed by atoms with Crippen molar-refractivity contribution >= 4 is 0 Å². The first-order valence-corrected chi connectivity index (χ1v) is 5.91. The highest BCUT2D eigenvalue weighted by Gasteiger charge is 2.22. The van der Waals surface area contributed by atoms with Gasteiger partial charge in [0.15, 0.2) is 0 Å². The number of hydrogen-bond donors (Lipinski definition) is 2. The maximum atomic E-state index is 5.41. The summed E-state index contributed by atoms with van der Waals surface area (Å²) in [7, 11) is 0. The first kappa shape index (κ1) is 11.6. The van der Waals surface area contributed by atoms with Gasteiger partial charge in [0, 0.05) is 35.9 Å². The minimum Gasteiger partial charge on any atom is -0.381 e. The van der Waals surface area contributed by atoms with Crippen LogP contribution >= 0.6 is 0 Å². The fraction of sp³-hybridized carbons (Fsp3) is 0.750. The van der Waals surface area contributed by atoms with E-state index in [1.54, 1.807) is 0 Å². The van der Waals surface area contributed by atoms with Crippen LogP contribution < -0.4 is 5.32 Å². The maximum absolute atomic E-state index is 5.41. The Morgan fingerprint density at radius 3 is 3.00 bits per heavy atom. The Hall–Kier alpha value is -0.870. The minimum absolute atomic E-state index is 0.140. The summed E-state index contributed by atoms with van der Waals surface area (Å²) in [6.45, 7) is 9.08. The second-order valence-corrected chi connectivity index (χ2v) is 5.47. The molecule has 4 heteroatoms. The van der Waals surface area contributed by atoms with Crippen LogP contribution in [0.5, 0.6) is 0 Å². The van der Waals surface area contributed by atoms with Crippen molar-refractivity contribution in [2.75, 3.05) is 13.2 Å². The normalized spacial score (nSPS) is 21.6. The molecule has 4 nitrogen and oxygen atoms in total. The second kappa shape index (κ2) is 4.55. The van der Waals surface area contributed by atoms with Crippen LogP contribution in [0, 0.1) is 0 Å². The summed E-state index contributed by atoms with van der Waals surface area (Å²) < 4.78 is 5.41. The van der Waals surface area contributed by atoms with Gasteiger partial charge in [0.05, 0.1) is 12.8 Å². The maximum Gasteiger partial charge on any atom is 0.0550 e. The molecule has 0 radical (unpaired) electrons. The fourth-order valence-corrected chi connectivity index (χ4v) is 1.94. The number of H-pyrrole nitrogens is 1. The van der Waals surface area contributed by atoms with E-state index in [0.717, 1.165) is 26.2 Å². The molecule has 2 heterocycles. The first-order valence-electron chi connectivity index (χ1n) is 5.91. The van der Waals surface area contributed by atoms with Crippen molar-refractivity contribution in [2.24, 2.45) is 0 Å². The number of nitrogens with one attached hydrogen (secondary N) is 2. The molecule has 0 aliphatic carbocycles. The number of aromatic nitrogens is 2. The van der Waals surface area contributed by atoms with Crippen LogP contribution in [0.2, 0.25) is 0 Å². The van der Waals surface area contributed by atoms with Crippen molar-refractivity contribution in [1.82, 2.24) is 15.5 Å². The van der Waals surface area contributed by atoms with Gasteiger partial charge >= 0.3 is 0 Å². The van der Waals surface area contributed by atoms with Gasteiger partial charge in [0.2, 0.25) is 0 Å². The molecule has 2 rings (SSSR count). The summed E-state index contributed by atoms with van der Waals surface area (Å²) in [6, 6.07) is 0. The SMILES string of the molecule is CC(C)(C)NCc1cn[nH]c1C1CCOC1. The summed E-state index contributed by atoms with van der Waals surface area (Å²) in [5, 5.41) is 10.7. The zero-order chi connectivity index (χ0) is 11.6. The fourth-order valence-electron chi connectivity index (χ4n) is 1.94. The lowest BCUT2D eigenvalue weighted by Gasteiger charge is -2.20. The van der Waals surface area contributed by atoms with Crippen molar-refractivity contribution in [3.05, 3.63) is 17.5 Å². The lowest BCUT2D eigenvalue weighted by Crippen LogP contribution is -2.35. The highest BCUT2D eigenvalue weighted by atomic mass is 16.5. The van der Waals surface area contributed by atoms with Gasteiger partial charge in [0.1, 0.15) is 0 Å². The summed E-state index contributed by atoms with van der Waals surface area (Å²) >= 11 is 0. The molecule has 1 unspecified atom stereocenters. The largest absolute Gasteiger partial charge is 0.381 e. The third-order valence-corrected chi connectivity index (χ3v) is 2.90. The molecule has 1 saturated heterocycles. The average molecular weight is 223 g/mol. The van der Waals surface area contributed by atoms with E-state index in [9.17, 15) is 0 Å². The van der Waals surface area contributed by atoms with Gasteiger partial charge in [0.25, 0.3) is 0 Å². The highest BCUT2D eigenvalue weighted by Crippen LogP contribution is 2.26. The summed E-state index contributed by atoms with van der Waals surface area (Å²) in [6.07, 6.45) is 3.02. The van der Waals surface area contributed by atoms with Gasteiger partial charge in [-0.05, 0) is 27.2 Å². The van der Waals surface area contributed by atoms with E-state index >= 15 is 0 Å². The number of aromatic amines is 1. The van der Waals surface area contributed by atoms with Crippen LogP contribution in [-0.2, 0) is 11.3 Å². The zero-order valence-corrected chi connectivity index (χ0v) is 10.3. The van der Waals surface area contributed by atoms with Crippen molar-refractivity contribution in [3.8, 4) is 0 Å². The Kier molecular flexibility index (Phi) is 3.30. The molecule has 0 bridgehead atoms. The smallest absolute Gasteiger partial charge is 0.0550 e. The molecule has 90 valence electrons. The molecule has 1 fully saturated rings. The number of rotatable bonds is 3. The molecule has 1 aliphatic heterocycles. The summed E-state index contributed by atoms with van der Waals surface area (Å²) in [5.74, 6) is 0.499. The number of hydrogen-bond acceptors (Lipinski definition) is 3. The van der Waals surface area contributed by atoms with E-state index in [1.165, 1.54) is 11.3 Å². The average Bonchev–Trinajstić information content (AvgIpc) is 2.84. The van der Waals surface area contributed by atoms with Gasteiger partial charge in [-0.3, -0.25) is 5.10 Å². The lowest BCUT2D eigenvalue weighted by atomic mass is 10.0. The minimum atomic E-state index is 0.140. The quantitative estimate of drug-likeness (QED) is 0.821. The van der Waals surface area contributed by atoms with E-state index < -0.39 is 0 Å². The van der Waals surface area contributed by atoms with Gasteiger partial charge in [-0.15, -0.1) is 0 Å². The monoisotopic (exact) mass is 223 g/mol. The molecule has 0 spiro atoms. The lowest BCUT2D eigenvalue weighted by molar-refractivity contribution is 0.193. The second-order valence-electron chi connectivity index (χ2n) is 5.47. The third-order valence-electron chi connectivity index (χ3n) is 2.90. The van der Waals surface area contributed by atoms with Crippen LogP contribution in [0.4, 0.5) is 0 Å². The molecule has 16 heavy (non-hydrogen) atoms. The summed E-state index contributed by atoms with van der Waals surface area (Å²) in [4.78, 5) is 0. The molecule has 1 aromatic heterocycles. The third kappa shape index (κ3) is 2.83. The molecule has 2 N–H and O–H groups in total. The predicted molar refractivity (Wildman–Crippen MR) is 63.4 cm³/mol. The van der Waals surface area contributed by atoms with Crippen LogP contribution in [0.25, 0.3) is 0 Å². The first-order chi connectivity index (χ1) is 7.56. The Morgan fingerprint density at radius 1 is 1.56 bits per heavy atom. The molecule has 1 atom stereocenters. The van der Waals surface area contributed by atoms with Gasteiger partial charge < -0.3 is 10.1 Å². The number of ether oxygens (including phenoxy) is 1. The van der Waals surface area contributed by atoms with Crippen molar-refractivity contribution in [3.63, 3.8) is 0 Å². The van der Waals surface area contributed by atoms with E-state index in [2.05, 4.69) is 36.3 Å². The van der Waals surface area contributed by atoms with Gasteiger partial charge in [-0.25, -0.2) is 0 Å². The van der Waals surface area contributed by atoms with Crippen molar-refractivity contribution in [1.29, 1.82) is 0 Å². The molecule has 0 amide bonds. The van der Waals surface area contributed by atoms with Crippen molar-refractivity contribution in [2.45, 2.75) is 45.2 Å². The molecular formula is C12H21N3O. The predicted octanol–water partition coefficient (Wildman–Crippen LogP) is 1.80. The topological polar surface area (TPSA) is 49.9 Å². The molecule has 0 saturated carbocycles. The molecule has 1 aromatic rings. The molecular weight excluding hydrogens is 202 g/mol. The Morgan fingerprint density at radius 2 is 2.38 bits per heavy atom. The van der Waals surface area contributed by atoms with Crippen LogP contribution in [-0.4, -0.2) is 29.0 Å². The highest BCUT2D eigenvalue weighted by molar-refractivity contribution is 5.21.